The van der Waals surface area contributed by atoms with Crippen LogP contribution in [0.4, 0.5) is 0 Å². The summed E-state index contributed by atoms with van der Waals surface area (Å²) in [4.78, 5) is 4.31. The standard InChI is InChI=1S/C15H14N4O2/c1-20-14-8-10(9-16)6-7-13(14)21-15-17-11-4-2-3-5-12(11)18-19-15/h2-8H,9,16H2,1H3. The van der Waals surface area contributed by atoms with Crippen LogP contribution in [-0.2, 0) is 6.54 Å². The molecule has 0 bridgehead atoms. The Hall–Kier alpha value is -2.73. The Labute approximate surface area is 121 Å². The molecule has 21 heavy (non-hydrogen) atoms. The molecule has 3 rings (SSSR count). The van der Waals surface area contributed by atoms with Crippen molar-refractivity contribution < 1.29 is 9.47 Å². The van der Waals surface area contributed by atoms with Crippen molar-refractivity contribution in [2.45, 2.75) is 6.54 Å². The van der Waals surface area contributed by atoms with Gasteiger partial charge in [0.15, 0.2) is 11.5 Å². The fraction of sp³-hybridized carbons (Fsp3) is 0.133. The van der Waals surface area contributed by atoms with E-state index in [0.717, 1.165) is 16.6 Å². The van der Waals surface area contributed by atoms with Crippen LogP contribution >= 0.6 is 0 Å². The number of nitrogens with zero attached hydrogens (tertiary/aromatic N) is 3. The first-order chi connectivity index (χ1) is 10.3. The summed E-state index contributed by atoms with van der Waals surface area (Å²) in [6.07, 6.45) is 0. The quantitative estimate of drug-likeness (QED) is 0.790. The molecule has 0 radical (unpaired) electrons. The van der Waals surface area contributed by atoms with E-state index >= 15 is 0 Å². The Bertz CT molecular complexity index is 776. The Kier molecular flexibility index (Phi) is 3.61. The monoisotopic (exact) mass is 282 g/mol. The molecule has 0 fully saturated rings. The SMILES string of the molecule is COc1cc(CN)ccc1Oc1nnc2ccccc2n1. The lowest BCUT2D eigenvalue weighted by atomic mass is 10.2. The average Bonchev–Trinajstić information content (AvgIpc) is 2.55. The highest BCUT2D eigenvalue weighted by molar-refractivity contribution is 5.73. The summed E-state index contributed by atoms with van der Waals surface area (Å²) in [5.41, 5.74) is 8.00. The molecule has 0 saturated carbocycles. The van der Waals surface area contributed by atoms with Crippen LogP contribution in [-0.4, -0.2) is 22.3 Å². The Morgan fingerprint density at radius 2 is 1.81 bits per heavy atom. The van der Waals surface area contributed by atoms with E-state index in [0.29, 0.717) is 18.0 Å². The minimum Gasteiger partial charge on any atom is -0.493 e. The molecule has 0 spiro atoms. The summed E-state index contributed by atoms with van der Waals surface area (Å²) < 4.78 is 10.9. The highest BCUT2D eigenvalue weighted by Crippen LogP contribution is 2.31. The maximum atomic E-state index is 5.66. The van der Waals surface area contributed by atoms with E-state index in [1.54, 1.807) is 13.2 Å². The van der Waals surface area contributed by atoms with Gasteiger partial charge in [-0.25, -0.2) is 0 Å². The van der Waals surface area contributed by atoms with Crippen molar-refractivity contribution in [3.05, 3.63) is 48.0 Å². The highest BCUT2D eigenvalue weighted by Gasteiger charge is 2.09. The van der Waals surface area contributed by atoms with Crippen LogP contribution in [0.1, 0.15) is 5.56 Å². The van der Waals surface area contributed by atoms with Crippen molar-refractivity contribution in [3.8, 4) is 17.5 Å². The fourth-order valence-corrected chi connectivity index (χ4v) is 1.93. The molecule has 0 aliphatic carbocycles. The van der Waals surface area contributed by atoms with Crippen molar-refractivity contribution in [2.75, 3.05) is 7.11 Å². The summed E-state index contributed by atoms with van der Waals surface area (Å²) in [6, 6.07) is 13.1. The van der Waals surface area contributed by atoms with Gasteiger partial charge in [-0.3, -0.25) is 0 Å². The molecule has 6 heteroatoms. The van der Waals surface area contributed by atoms with E-state index in [1.807, 2.05) is 36.4 Å². The first kappa shape index (κ1) is 13.3. The fourth-order valence-electron chi connectivity index (χ4n) is 1.93. The molecule has 0 aliphatic rings. The maximum Gasteiger partial charge on any atom is 0.341 e. The van der Waals surface area contributed by atoms with E-state index in [9.17, 15) is 0 Å². The minimum absolute atomic E-state index is 0.174. The van der Waals surface area contributed by atoms with Crippen LogP contribution in [0.2, 0.25) is 0 Å². The van der Waals surface area contributed by atoms with Crippen molar-refractivity contribution >= 4 is 11.0 Å². The lowest BCUT2D eigenvalue weighted by molar-refractivity contribution is 0.366. The Morgan fingerprint density at radius 1 is 1.00 bits per heavy atom. The molecule has 0 aliphatic heterocycles. The van der Waals surface area contributed by atoms with Gasteiger partial charge in [0.2, 0.25) is 0 Å². The molecule has 2 N–H and O–H groups in total. The van der Waals surface area contributed by atoms with E-state index < -0.39 is 0 Å². The number of hydrogen-bond donors (Lipinski definition) is 1. The number of nitrogens with two attached hydrogens (primary N) is 1. The molecule has 6 nitrogen and oxygen atoms in total. The molecular weight excluding hydrogens is 268 g/mol. The first-order valence-corrected chi connectivity index (χ1v) is 6.44. The van der Waals surface area contributed by atoms with Gasteiger partial charge in [-0.2, -0.15) is 4.98 Å². The number of rotatable bonds is 4. The summed E-state index contributed by atoms with van der Waals surface area (Å²) >= 11 is 0. The third-order valence-corrected chi connectivity index (χ3v) is 3.01. The largest absolute Gasteiger partial charge is 0.493 e. The van der Waals surface area contributed by atoms with E-state index in [2.05, 4.69) is 15.2 Å². The van der Waals surface area contributed by atoms with Gasteiger partial charge in [0.05, 0.1) is 12.6 Å². The van der Waals surface area contributed by atoms with Crippen LogP contribution < -0.4 is 15.2 Å². The van der Waals surface area contributed by atoms with Crippen LogP contribution in [0.25, 0.3) is 11.0 Å². The van der Waals surface area contributed by atoms with E-state index in [-0.39, 0.29) is 6.01 Å². The molecule has 0 saturated heterocycles. The third-order valence-electron chi connectivity index (χ3n) is 3.01. The van der Waals surface area contributed by atoms with Gasteiger partial charge in [-0.1, -0.05) is 23.3 Å². The molecular formula is C15H14N4O2. The minimum atomic E-state index is 0.174. The maximum absolute atomic E-state index is 5.66. The van der Waals surface area contributed by atoms with Crippen molar-refractivity contribution in [1.29, 1.82) is 0 Å². The molecule has 1 aromatic heterocycles. The van der Waals surface area contributed by atoms with Crippen molar-refractivity contribution in [2.24, 2.45) is 5.73 Å². The molecule has 0 atom stereocenters. The zero-order valence-corrected chi connectivity index (χ0v) is 11.5. The highest BCUT2D eigenvalue weighted by atomic mass is 16.5. The molecule has 2 aromatic carbocycles. The lowest BCUT2D eigenvalue weighted by Crippen LogP contribution is -2.00. The number of benzene rings is 2. The second-order valence-electron chi connectivity index (χ2n) is 4.37. The molecule has 3 aromatic rings. The number of aromatic nitrogens is 3. The predicted octanol–water partition coefficient (Wildman–Crippen LogP) is 2.28. The van der Waals surface area contributed by atoms with Crippen LogP contribution in [0.5, 0.6) is 17.5 Å². The smallest absolute Gasteiger partial charge is 0.341 e. The van der Waals surface area contributed by atoms with Crippen LogP contribution in [0.15, 0.2) is 42.5 Å². The third kappa shape index (κ3) is 2.75. The zero-order chi connectivity index (χ0) is 14.7. The lowest BCUT2D eigenvalue weighted by Gasteiger charge is -2.10. The van der Waals surface area contributed by atoms with Crippen molar-refractivity contribution in [1.82, 2.24) is 15.2 Å². The van der Waals surface area contributed by atoms with Gasteiger partial charge < -0.3 is 15.2 Å². The van der Waals surface area contributed by atoms with Gasteiger partial charge in [-0.15, -0.1) is 5.10 Å². The number of methoxy groups -OCH3 is 1. The summed E-state index contributed by atoms with van der Waals surface area (Å²) in [5, 5.41) is 8.02. The number of fused-ring (bicyclic) bond motifs is 1. The van der Waals surface area contributed by atoms with Crippen molar-refractivity contribution in [3.63, 3.8) is 0 Å². The molecule has 1 heterocycles. The molecule has 0 amide bonds. The number of hydrogen-bond acceptors (Lipinski definition) is 6. The van der Waals surface area contributed by atoms with Gasteiger partial charge in [0.1, 0.15) is 5.52 Å². The molecule has 0 unspecified atom stereocenters. The average molecular weight is 282 g/mol. The zero-order valence-electron chi connectivity index (χ0n) is 11.5. The predicted molar refractivity (Wildman–Crippen MR) is 78.3 cm³/mol. The van der Waals surface area contributed by atoms with E-state index in [1.165, 1.54) is 0 Å². The first-order valence-electron chi connectivity index (χ1n) is 6.44. The van der Waals surface area contributed by atoms with Crippen LogP contribution in [0, 0.1) is 0 Å². The molecule has 106 valence electrons. The number of para-hydroxylation sites is 1. The summed E-state index contributed by atoms with van der Waals surface area (Å²) in [5.74, 6) is 1.10. The Morgan fingerprint density at radius 3 is 2.57 bits per heavy atom. The number of ether oxygens (including phenoxy) is 2. The normalized spacial score (nSPS) is 10.6. The second kappa shape index (κ2) is 5.72. The Balaban J connectivity index is 1.94. The second-order valence-corrected chi connectivity index (χ2v) is 4.37. The van der Waals surface area contributed by atoms with Crippen LogP contribution in [0.3, 0.4) is 0 Å². The van der Waals surface area contributed by atoms with Gasteiger partial charge in [-0.05, 0) is 29.8 Å². The van der Waals surface area contributed by atoms with Gasteiger partial charge in [0.25, 0.3) is 0 Å². The topological polar surface area (TPSA) is 83.2 Å². The summed E-state index contributed by atoms with van der Waals surface area (Å²) in [6.45, 7) is 0.435. The van der Waals surface area contributed by atoms with Gasteiger partial charge in [0, 0.05) is 6.54 Å². The van der Waals surface area contributed by atoms with E-state index in [4.69, 9.17) is 15.2 Å². The van der Waals surface area contributed by atoms with Gasteiger partial charge >= 0.3 is 6.01 Å². The summed E-state index contributed by atoms with van der Waals surface area (Å²) in [7, 11) is 1.57.